The van der Waals surface area contributed by atoms with Crippen LogP contribution in [0.2, 0.25) is 0 Å². The number of rotatable bonds is 3. The molecule has 0 bridgehead atoms. The summed E-state index contributed by atoms with van der Waals surface area (Å²) in [5, 5.41) is 0. The zero-order chi connectivity index (χ0) is 14.1. The normalized spacial score (nSPS) is 12.3. The van der Waals surface area contributed by atoms with E-state index in [1.54, 1.807) is 25.0 Å². The van der Waals surface area contributed by atoms with Crippen LogP contribution in [0.1, 0.15) is 23.1 Å². The maximum absolute atomic E-state index is 11.8. The van der Waals surface area contributed by atoms with E-state index in [4.69, 9.17) is 9.47 Å². The number of carbonyl (C=O) groups is 1. The fraction of sp³-hybridized carbons (Fsp3) is 0.286. The van der Waals surface area contributed by atoms with Gasteiger partial charge in [0.25, 0.3) is 0 Å². The van der Waals surface area contributed by atoms with Gasteiger partial charge >= 0.3 is 5.97 Å². The molecule has 2 heterocycles. The van der Waals surface area contributed by atoms with E-state index < -0.39 is 5.97 Å². The van der Waals surface area contributed by atoms with Gasteiger partial charge in [-0.15, -0.1) is 11.8 Å². The highest BCUT2D eigenvalue weighted by molar-refractivity contribution is 7.98. The summed E-state index contributed by atoms with van der Waals surface area (Å²) in [6.07, 6.45) is 3.66. The summed E-state index contributed by atoms with van der Waals surface area (Å²) in [7, 11) is 0. The van der Waals surface area contributed by atoms with E-state index >= 15 is 0 Å². The molecular weight excluding hydrogens is 276 g/mol. The summed E-state index contributed by atoms with van der Waals surface area (Å²) >= 11 is 1.66. The van der Waals surface area contributed by atoms with E-state index in [0.29, 0.717) is 18.9 Å². The number of fused-ring (bicyclic) bond motifs is 3. The lowest BCUT2D eigenvalue weighted by Crippen LogP contribution is -2.16. The van der Waals surface area contributed by atoms with Crippen molar-refractivity contribution in [2.24, 2.45) is 0 Å². The van der Waals surface area contributed by atoms with Gasteiger partial charge in [-0.05, 0) is 31.4 Å². The molecule has 20 heavy (non-hydrogen) atoms. The molecule has 0 fully saturated rings. The quantitative estimate of drug-likeness (QED) is 0.642. The van der Waals surface area contributed by atoms with Crippen LogP contribution in [0, 0.1) is 0 Å². The monoisotopic (exact) mass is 290 g/mol. The minimum absolute atomic E-state index is 0.318. The number of thioether (sulfide) groups is 1. The van der Waals surface area contributed by atoms with E-state index in [2.05, 4.69) is 4.98 Å². The first-order chi connectivity index (χ1) is 9.74. The van der Waals surface area contributed by atoms with Crippen molar-refractivity contribution < 1.29 is 14.3 Å². The highest BCUT2D eigenvalue weighted by Crippen LogP contribution is 2.34. The number of benzene rings is 1. The van der Waals surface area contributed by atoms with Gasteiger partial charge in [-0.1, -0.05) is 0 Å². The van der Waals surface area contributed by atoms with Gasteiger partial charge in [0.05, 0.1) is 18.0 Å². The second kappa shape index (κ2) is 5.20. The molecule has 104 valence electrons. The Kier molecular flexibility index (Phi) is 3.40. The molecule has 0 radical (unpaired) electrons. The standard InChI is InChI=1S/C14H14N2O3S/c1-3-18-14(17)13-11-7-19-12-6-9(20-2)4-5-10(12)16(11)8-15-13/h4-6,8H,3,7H2,1-2H3. The van der Waals surface area contributed by atoms with Crippen molar-refractivity contribution in [3.05, 3.63) is 35.9 Å². The second-order valence-electron chi connectivity index (χ2n) is 4.25. The third kappa shape index (κ3) is 2.06. The Bertz CT molecular complexity index is 666. The summed E-state index contributed by atoms with van der Waals surface area (Å²) in [5.41, 5.74) is 1.95. The van der Waals surface area contributed by atoms with Crippen LogP contribution in [0.25, 0.3) is 5.69 Å². The van der Waals surface area contributed by atoms with Crippen molar-refractivity contribution in [1.29, 1.82) is 0 Å². The first-order valence-corrected chi connectivity index (χ1v) is 7.51. The van der Waals surface area contributed by atoms with Gasteiger partial charge in [-0.25, -0.2) is 9.78 Å². The van der Waals surface area contributed by atoms with Crippen molar-refractivity contribution in [1.82, 2.24) is 9.55 Å². The molecule has 0 saturated heterocycles. The number of esters is 1. The molecule has 0 atom stereocenters. The molecule has 0 amide bonds. The summed E-state index contributed by atoms with van der Waals surface area (Å²) < 4.78 is 12.6. The molecule has 1 aliphatic rings. The van der Waals surface area contributed by atoms with Crippen LogP contribution < -0.4 is 4.74 Å². The first kappa shape index (κ1) is 13.1. The van der Waals surface area contributed by atoms with Crippen molar-refractivity contribution in [3.8, 4) is 11.4 Å². The van der Waals surface area contributed by atoms with E-state index in [0.717, 1.165) is 22.0 Å². The maximum atomic E-state index is 11.8. The predicted molar refractivity (Wildman–Crippen MR) is 75.6 cm³/mol. The third-order valence-corrected chi connectivity index (χ3v) is 3.85. The Labute approximate surface area is 120 Å². The second-order valence-corrected chi connectivity index (χ2v) is 5.13. The summed E-state index contributed by atoms with van der Waals surface area (Å²) in [4.78, 5) is 17.1. The van der Waals surface area contributed by atoms with Crippen LogP contribution in [-0.2, 0) is 11.3 Å². The molecule has 1 aromatic heterocycles. The largest absolute Gasteiger partial charge is 0.485 e. The maximum Gasteiger partial charge on any atom is 0.358 e. The predicted octanol–water partition coefficient (Wildman–Crippen LogP) is 2.66. The Morgan fingerprint density at radius 3 is 3.15 bits per heavy atom. The van der Waals surface area contributed by atoms with Gasteiger partial charge in [0.15, 0.2) is 5.69 Å². The molecule has 1 aliphatic heterocycles. The highest BCUT2D eigenvalue weighted by Gasteiger charge is 2.25. The van der Waals surface area contributed by atoms with Crippen LogP contribution in [0.5, 0.6) is 5.75 Å². The van der Waals surface area contributed by atoms with Crippen molar-refractivity contribution in [3.63, 3.8) is 0 Å². The van der Waals surface area contributed by atoms with Gasteiger partial charge in [0, 0.05) is 4.90 Å². The number of imidazole rings is 1. The summed E-state index contributed by atoms with van der Waals surface area (Å²) in [5.74, 6) is 0.395. The topological polar surface area (TPSA) is 53.3 Å². The molecule has 6 heteroatoms. The van der Waals surface area contributed by atoms with Crippen molar-refractivity contribution in [2.45, 2.75) is 18.4 Å². The van der Waals surface area contributed by atoms with Crippen molar-refractivity contribution >= 4 is 17.7 Å². The number of hydrogen-bond acceptors (Lipinski definition) is 5. The smallest absolute Gasteiger partial charge is 0.358 e. The molecule has 2 aromatic rings. The molecule has 0 saturated carbocycles. The molecule has 0 N–H and O–H groups in total. The minimum Gasteiger partial charge on any atom is -0.485 e. The lowest BCUT2D eigenvalue weighted by atomic mass is 10.2. The lowest BCUT2D eigenvalue weighted by molar-refractivity contribution is 0.0516. The number of carbonyl (C=O) groups excluding carboxylic acids is 1. The van der Waals surface area contributed by atoms with Gasteiger partial charge in [-0.3, -0.25) is 4.57 Å². The lowest BCUT2D eigenvalue weighted by Gasteiger charge is -2.20. The molecule has 5 nitrogen and oxygen atoms in total. The fourth-order valence-electron chi connectivity index (χ4n) is 2.17. The number of nitrogens with zero attached hydrogens (tertiary/aromatic N) is 2. The SMILES string of the molecule is CCOC(=O)c1ncn2c1COc1cc(SC)ccc1-2. The Balaban J connectivity index is 2.03. The zero-order valence-corrected chi connectivity index (χ0v) is 12.1. The van der Waals surface area contributed by atoms with Gasteiger partial charge in [0.2, 0.25) is 0 Å². The molecule has 0 unspecified atom stereocenters. The fourth-order valence-corrected chi connectivity index (χ4v) is 2.60. The van der Waals surface area contributed by atoms with Crippen LogP contribution >= 0.6 is 11.8 Å². The Hall–Kier alpha value is -1.95. The van der Waals surface area contributed by atoms with Crippen LogP contribution in [0.4, 0.5) is 0 Å². The van der Waals surface area contributed by atoms with Gasteiger partial charge in [-0.2, -0.15) is 0 Å². The molecular formula is C14H14N2O3S. The summed E-state index contributed by atoms with van der Waals surface area (Å²) in [6, 6.07) is 5.99. The third-order valence-electron chi connectivity index (χ3n) is 3.13. The number of aromatic nitrogens is 2. The number of ether oxygens (including phenoxy) is 2. The van der Waals surface area contributed by atoms with Gasteiger partial charge < -0.3 is 9.47 Å². The Morgan fingerprint density at radius 1 is 1.55 bits per heavy atom. The molecule has 0 spiro atoms. The van der Waals surface area contributed by atoms with Crippen molar-refractivity contribution in [2.75, 3.05) is 12.9 Å². The average Bonchev–Trinajstić information content (AvgIpc) is 2.91. The van der Waals surface area contributed by atoms with Crippen LogP contribution in [-0.4, -0.2) is 28.4 Å². The van der Waals surface area contributed by atoms with E-state index in [9.17, 15) is 4.79 Å². The van der Waals surface area contributed by atoms with E-state index in [1.807, 2.05) is 29.0 Å². The minimum atomic E-state index is -0.408. The Morgan fingerprint density at radius 2 is 2.40 bits per heavy atom. The molecule has 0 aliphatic carbocycles. The summed E-state index contributed by atoms with van der Waals surface area (Å²) in [6.45, 7) is 2.43. The highest BCUT2D eigenvalue weighted by atomic mass is 32.2. The molecule has 3 rings (SSSR count). The average molecular weight is 290 g/mol. The zero-order valence-electron chi connectivity index (χ0n) is 11.3. The van der Waals surface area contributed by atoms with Crippen LogP contribution in [0.15, 0.2) is 29.4 Å². The molecule has 1 aromatic carbocycles. The first-order valence-electron chi connectivity index (χ1n) is 6.29. The van der Waals surface area contributed by atoms with Crippen LogP contribution in [0.3, 0.4) is 0 Å². The van der Waals surface area contributed by atoms with Gasteiger partial charge in [0.1, 0.15) is 18.7 Å². The van der Waals surface area contributed by atoms with E-state index in [1.165, 1.54) is 0 Å². The van der Waals surface area contributed by atoms with E-state index in [-0.39, 0.29) is 0 Å². The number of hydrogen-bond donors (Lipinski definition) is 0.